The second kappa shape index (κ2) is 6.95. The molecule has 2 aromatic rings. The van der Waals surface area contributed by atoms with Gasteiger partial charge in [-0.15, -0.1) is 0 Å². The van der Waals surface area contributed by atoms with Crippen LogP contribution < -0.4 is 0 Å². The van der Waals surface area contributed by atoms with Crippen molar-refractivity contribution in [1.29, 1.82) is 0 Å². The molecule has 0 heterocycles. The summed E-state index contributed by atoms with van der Waals surface area (Å²) in [5, 5.41) is 0. The second-order valence-electron chi connectivity index (χ2n) is 8.93. The molecule has 2 aromatic carbocycles. The van der Waals surface area contributed by atoms with E-state index in [4.69, 9.17) is 0 Å². The standard InChI is InChI=1S/C22H30O2S/c1-21(2,3)19-11-7-17(8-12-19)15-25(23,24)16-18-9-13-20(14-10-18)22(4,5)6/h7-14H,15-16H2,1-6H3. The summed E-state index contributed by atoms with van der Waals surface area (Å²) in [4.78, 5) is 0. The van der Waals surface area contributed by atoms with Crippen LogP contribution in [0.3, 0.4) is 0 Å². The Morgan fingerprint density at radius 2 is 0.880 bits per heavy atom. The van der Waals surface area contributed by atoms with Crippen LogP contribution in [0.4, 0.5) is 0 Å². The third kappa shape index (κ3) is 5.71. The van der Waals surface area contributed by atoms with Crippen LogP contribution in [0, 0.1) is 0 Å². The van der Waals surface area contributed by atoms with Crippen LogP contribution in [0.5, 0.6) is 0 Å². The minimum absolute atomic E-state index is 0.0756. The largest absolute Gasteiger partial charge is 0.228 e. The maximum atomic E-state index is 12.5. The Labute approximate surface area is 153 Å². The van der Waals surface area contributed by atoms with Gasteiger partial charge in [0.15, 0.2) is 9.84 Å². The molecule has 0 bridgehead atoms. The van der Waals surface area contributed by atoms with E-state index in [1.165, 1.54) is 11.1 Å². The van der Waals surface area contributed by atoms with E-state index in [0.717, 1.165) is 11.1 Å². The van der Waals surface area contributed by atoms with Crippen LogP contribution in [-0.4, -0.2) is 8.42 Å². The quantitative estimate of drug-likeness (QED) is 0.733. The highest BCUT2D eigenvalue weighted by Crippen LogP contribution is 2.24. The zero-order valence-electron chi connectivity index (χ0n) is 16.3. The van der Waals surface area contributed by atoms with Crippen molar-refractivity contribution >= 4 is 9.84 Å². The molecule has 0 radical (unpaired) electrons. The van der Waals surface area contributed by atoms with Gasteiger partial charge in [-0.3, -0.25) is 0 Å². The summed E-state index contributed by atoms with van der Waals surface area (Å²) in [6.45, 7) is 12.9. The molecule has 2 rings (SSSR count). The molecule has 25 heavy (non-hydrogen) atoms. The summed E-state index contributed by atoms with van der Waals surface area (Å²) in [5.74, 6) is 0.164. The van der Waals surface area contributed by atoms with Crippen molar-refractivity contribution in [3.8, 4) is 0 Å². The minimum atomic E-state index is -3.18. The Bertz CT molecular complexity index is 735. The van der Waals surface area contributed by atoms with Gasteiger partial charge in [0.2, 0.25) is 0 Å². The normalized spacial score (nSPS) is 13.0. The molecule has 0 saturated carbocycles. The van der Waals surface area contributed by atoms with Crippen LogP contribution >= 0.6 is 0 Å². The van der Waals surface area contributed by atoms with Crippen molar-refractivity contribution < 1.29 is 8.42 Å². The predicted molar refractivity (Wildman–Crippen MR) is 107 cm³/mol. The highest BCUT2D eigenvalue weighted by atomic mass is 32.2. The summed E-state index contributed by atoms with van der Waals surface area (Å²) >= 11 is 0. The fraction of sp³-hybridized carbons (Fsp3) is 0.455. The fourth-order valence-electron chi connectivity index (χ4n) is 2.76. The summed E-state index contributed by atoms with van der Waals surface area (Å²) in [6, 6.07) is 15.8. The fourth-order valence-corrected chi connectivity index (χ4v) is 4.26. The van der Waals surface area contributed by atoms with Crippen molar-refractivity contribution in [3.63, 3.8) is 0 Å². The third-order valence-corrected chi connectivity index (χ3v) is 5.96. The van der Waals surface area contributed by atoms with E-state index in [9.17, 15) is 8.42 Å². The molecular formula is C22H30O2S. The topological polar surface area (TPSA) is 34.1 Å². The van der Waals surface area contributed by atoms with E-state index in [0.29, 0.717) is 0 Å². The van der Waals surface area contributed by atoms with Crippen LogP contribution in [0.1, 0.15) is 63.8 Å². The molecule has 0 unspecified atom stereocenters. The van der Waals surface area contributed by atoms with Gasteiger partial charge in [0.25, 0.3) is 0 Å². The summed E-state index contributed by atoms with van der Waals surface area (Å²) < 4.78 is 25.1. The zero-order chi connectivity index (χ0) is 18.9. The minimum Gasteiger partial charge on any atom is -0.228 e. The lowest BCUT2D eigenvalue weighted by molar-refractivity contribution is 0.589. The number of hydrogen-bond donors (Lipinski definition) is 0. The Hall–Kier alpha value is -1.61. The average molecular weight is 359 g/mol. The molecular weight excluding hydrogens is 328 g/mol. The zero-order valence-corrected chi connectivity index (χ0v) is 17.1. The molecule has 2 nitrogen and oxygen atoms in total. The molecule has 0 aliphatic carbocycles. The van der Waals surface area contributed by atoms with Gasteiger partial charge in [-0.25, -0.2) is 8.42 Å². The highest BCUT2D eigenvalue weighted by molar-refractivity contribution is 7.89. The van der Waals surface area contributed by atoms with Crippen LogP contribution in [0.15, 0.2) is 48.5 Å². The molecule has 0 aromatic heterocycles. The van der Waals surface area contributed by atoms with Gasteiger partial charge in [0, 0.05) is 0 Å². The molecule has 0 fully saturated rings. The smallest absolute Gasteiger partial charge is 0.158 e. The average Bonchev–Trinajstić information content (AvgIpc) is 2.45. The third-order valence-electron chi connectivity index (χ3n) is 4.41. The molecule has 0 aliphatic rings. The van der Waals surface area contributed by atoms with Gasteiger partial charge in [0.1, 0.15) is 0 Å². The van der Waals surface area contributed by atoms with Crippen LogP contribution in [0.25, 0.3) is 0 Å². The van der Waals surface area contributed by atoms with Gasteiger partial charge in [-0.05, 0) is 33.1 Å². The summed E-state index contributed by atoms with van der Waals surface area (Å²) in [5.41, 5.74) is 4.27. The second-order valence-corrected chi connectivity index (χ2v) is 11.0. The Balaban J connectivity index is 2.09. The van der Waals surface area contributed by atoms with E-state index in [-0.39, 0.29) is 22.3 Å². The van der Waals surface area contributed by atoms with Gasteiger partial charge < -0.3 is 0 Å². The van der Waals surface area contributed by atoms with Crippen molar-refractivity contribution in [2.45, 2.75) is 63.9 Å². The van der Waals surface area contributed by atoms with Gasteiger partial charge >= 0.3 is 0 Å². The summed E-state index contributed by atoms with van der Waals surface area (Å²) in [6.07, 6.45) is 0. The maximum Gasteiger partial charge on any atom is 0.158 e. The van der Waals surface area contributed by atoms with Crippen LogP contribution in [-0.2, 0) is 32.2 Å². The molecule has 0 N–H and O–H groups in total. The molecule has 3 heteroatoms. The van der Waals surface area contributed by atoms with Crippen LogP contribution in [0.2, 0.25) is 0 Å². The van der Waals surface area contributed by atoms with Gasteiger partial charge in [0.05, 0.1) is 11.5 Å². The van der Waals surface area contributed by atoms with Gasteiger partial charge in [-0.1, -0.05) is 90.1 Å². The SMILES string of the molecule is CC(C)(C)c1ccc(CS(=O)(=O)Cc2ccc(C(C)(C)C)cc2)cc1. The molecule has 0 amide bonds. The lowest BCUT2D eigenvalue weighted by Crippen LogP contribution is -2.12. The van der Waals surface area contributed by atoms with E-state index < -0.39 is 9.84 Å². The maximum absolute atomic E-state index is 12.5. The lowest BCUT2D eigenvalue weighted by atomic mass is 9.87. The molecule has 0 aliphatic heterocycles. The Morgan fingerprint density at radius 3 is 1.12 bits per heavy atom. The Morgan fingerprint density at radius 1 is 0.600 bits per heavy atom. The van der Waals surface area contributed by atoms with E-state index in [1.54, 1.807) is 0 Å². The molecule has 136 valence electrons. The first-order chi connectivity index (χ1) is 11.4. The summed E-state index contributed by atoms with van der Waals surface area (Å²) in [7, 11) is -3.18. The van der Waals surface area contributed by atoms with Crippen molar-refractivity contribution in [2.24, 2.45) is 0 Å². The first-order valence-corrected chi connectivity index (χ1v) is 10.6. The highest BCUT2D eigenvalue weighted by Gasteiger charge is 2.17. The predicted octanol–water partition coefficient (Wildman–Crippen LogP) is 5.40. The molecule has 0 saturated heterocycles. The lowest BCUT2D eigenvalue weighted by Gasteiger charge is -2.19. The number of sulfone groups is 1. The van der Waals surface area contributed by atoms with Crippen molar-refractivity contribution in [3.05, 3.63) is 70.8 Å². The monoisotopic (exact) mass is 358 g/mol. The first kappa shape index (κ1) is 19.7. The number of hydrogen-bond acceptors (Lipinski definition) is 2. The Kier molecular flexibility index (Phi) is 5.48. The van der Waals surface area contributed by atoms with E-state index in [1.807, 2.05) is 48.5 Å². The number of benzene rings is 2. The number of rotatable bonds is 4. The van der Waals surface area contributed by atoms with E-state index in [2.05, 4.69) is 41.5 Å². The van der Waals surface area contributed by atoms with Crippen molar-refractivity contribution in [2.75, 3.05) is 0 Å². The van der Waals surface area contributed by atoms with Crippen molar-refractivity contribution in [1.82, 2.24) is 0 Å². The molecule has 0 spiro atoms. The molecule has 0 atom stereocenters. The van der Waals surface area contributed by atoms with Gasteiger partial charge in [-0.2, -0.15) is 0 Å². The first-order valence-electron chi connectivity index (χ1n) is 8.76. The van der Waals surface area contributed by atoms with E-state index >= 15 is 0 Å².